The minimum absolute atomic E-state index is 0.174. The van der Waals surface area contributed by atoms with Crippen LogP contribution in [0.3, 0.4) is 0 Å². The third-order valence-corrected chi connectivity index (χ3v) is 4.08. The van der Waals surface area contributed by atoms with Gasteiger partial charge in [0, 0.05) is 6.42 Å². The van der Waals surface area contributed by atoms with Crippen LogP contribution in [0.4, 0.5) is 0 Å². The van der Waals surface area contributed by atoms with Crippen LogP contribution in [-0.2, 0) is 6.42 Å². The lowest BCUT2D eigenvalue weighted by Gasteiger charge is -2.26. The van der Waals surface area contributed by atoms with Crippen LogP contribution < -0.4 is 16.0 Å². The lowest BCUT2D eigenvalue weighted by atomic mass is 9.91. The Hall–Kier alpha value is -1.06. The van der Waals surface area contributed by atoms with E-state index in [-0.39, 0.29) is 12.1 Å². The summed E-state index contributed by atoms with van der Waals surface area (Å²) in [7, 11) is 0. The Balaban J connectivity index is 1.99. The van der Waals surface area contributed by atoms with Gasteiger partial charge >= 0.3 is 0 Å². The van der Waals surface area contributed by atoms with Crippen LogP contribution in [0.15, 0.2) is 24.3 Å². The van der Waals surface area contributed by atoms with Gasteiger partial charge in [-0.1, -0.05) is 44.9 Å². The van der Waals surface area contributed by atoms with E-state index in [1.165, 1.54) is 18.4 Å². The molecule has 1 aromatic rings. The van der Waals surface area contributed by atoms with Crippen molar-refractivity contribution < 1.29 is 4.74 Å². The molecule has 100 valence electrons. The zero-order valence-corrected chi connectivity index (χ0v) is 11.4. The zero-order chi connectivity index (χ0) is 13.0. The molecule has 0 bridgehead atoms. The second kappa shape index (κ2) is 6.21. The number of nitrogens with two attached hydrogens (primary N) is 1. The van der Waals surface area contributed by atoms with E-state index in [9.17, 15) is 0 Å². The molecule has 0 radical (unpaired) electrons. The van der Waals surface area contributed by atoms with Crippen molar-refractivity contribution >= 4 is 0 Å². The summed E-state index contributed by atoms with van der Waals surface area (Å²) in [5, 5.41) is 0. The van der Waals surface area contributed by atoms with E-state index in [2.05, 4.69) is 31.4 Å². The van der Waals surface area contributed by atoms with Crippen LogP contribution in [0.1, 0.15) is 38.7 Å². The van der Waals surface area contributed by atoms with Crippen molar-refractivity contribution in [3.63, 3.8) is 0 Å². The van der Waals surface area contributed by atoms with Gasteiger partial charge in [0.15, 0.2) is 0 Å². The molecule has 1 heterocycles. The molecular formula is C15H24N2O. The summed E-state index contributed by atoms with van der Waals surface area (Å²) in [4.78, 5) is 0. The molecular weight excluding hydrogens is 224 g/mol. The molecule has 0 amide bonds. The highest BCUT2D eigenvalue weighted by Gasteiger charge is 2.30. The van der Waals surface area contributed by atoms with Gasteiger partial charge in [0.1, 0.15) is 11.9 Å². The molecule has 3 heteroatoms. The number of nitrogens with one attached hydrogen (secondary N) is 1. The molecule has 1 aliphatic rings. The summed E-state index contributed by atoms with van der Waals surface area (Å²) in [5.41, 5.74) is 4.25. The maximum Gasteiger partial charge on any atom is 0.123 e. The van der Waals surface area contributed by atoms with E-state index in [1.807, 2.05) is 12.1 Å². The molecule has 2 atom stereocenters. The second-order valence-electron chi connectivity index (χ2n) is 5.16. The fraction of sp³-hybridized carbons (Fsp3) is 0.600. The number of fused-ring (bicyclic) bond motifs is 1. The molecule has 0 aliphatic carbocycles. The lowest BCUT2D eigenvalue weighted by molar-refractivity contribution is 0.158. The first-order valence-electron chi connectivity index (χ1n) is 6.99. The SMILES string of the molecule is CCC(CC)CC(NN)C1Cc2ccccc2O1. The molecule has 0 saturated carbocycles. The van der Waals surface area contributed by atoms with Crippen molar-refractivity contribution in [3.8, 4) is 5.75 Å². The molecule has 3 N–H and O–H groups in total. The van der Waals surface area contributed by atoms with E-state index in [1.54, 1.807) is 0 Å². The van der Waals surface area contributed by atoms with Gasteiger partial charge in [-0.3, -0.25) is 11.3 Å². The first kappa shape index (κ1) is 13.4. The summed E-state index contributed by atoms with van der Waals surface area (Å²) in [6.07, 6.45) is 4.63. The van der Waals surface area contributed by atoms with Crippen LogP contribution in [-0.4, -0.2) is 12.1 Å². The smallest absolute Gasteiger partial charge is 0.123 e. The number of rotatable bonds is 6. The first-order chi connectivity index (χ1) is 8.78. The van der Waals surface area contributed by atoms with Crippen LogP contribution in [0, 0.1) is 5.92 Å². The van der Waals surface area contributed by atoms with Gasteiger partial charge in [0.05, 0.1) is 6.04 Å². The predicted molar refractivity (Wildman–Crippen MR) is 74.4 cm³/mol. The summed E-state index contributed by atoms with van der Waals surface area (Å²) in [5.74, 6) is 7.46. The number of benzene rings is 1. The van der Waals surface area contributed by atoms with Crippen molar-refractivity contribution in [2.24, 2.45) is 11.8 Å². The zero-order valence-electron chi connectivity index (χ0n) is 11.4. The highest BCUT2D eigenvalue weighted by molar-refractivity contribution is 5.37. The molecule has 0 saturated heterocycles. The van der Waals surface area contributed by atoms with Crippen molar-refractivity contribution in [2.45, 2.75) is 51.7 Å². The Bertz CT molecular complexity index is 352. The Kier molecular flexibility index (Phi) is 4.61. The van der Waals surface area contributed by atoms with Gasteiger partial charge in [-0.05, 0) is 24.0 Å². The Morgan fingerprint density at radius 1 is 1.33 bits per heavy atom. The van der Waals surface area contributed by atoms with Crippen molar-refractivity contribution in [3.05, 3.63) is 29.8 Å². The lowest BCUT2D eigenvalue weighted by Crippen LogP contribution is -2.47. The normalized spacial score (nSPS) is 19.7. The average Bonchev–Trinajstić information content (AvgIpc) is 2.84. The molecule has 3 nitrogen and oxygen atoms in total. The molecule has 2 unspecified atom stereocenters. The molecule has 2 rings (SSSR count). The maximum atomic E-state index is 6.01. The highest BCUT2D eigenvalue weighted by Crippen LogP contribution is 2.31. The number of hydrazine groups is 1. The van der Waals surface area contributed by atoms with Gasteiger partial charge in [-0.2, -0.15) is 0 Å². The third kappa shape index (κ3) is 2.85. The maximum absolute atomic E-state index is 6.01. The predicted octanol–water partition coefficient (Wildman–Crippen LogP) is 2.65. The summed E-state index contributed by atoms with van der Waals surface area (Å²) < 4.78 is 6.01. The monoisotopic (exact) mass is 248 g/mol. The second-order valence-corrected chi connectivity index (χ2v) is 5.16. The molecule has 0 fully saturated rings. The van der Waals surface area contributed by atoms with Gasteiger partial charge in [0.2, 0.25) is 0 Å². The minimum Gasteiger partial charge on any atom is -0.488 e. The highest BCUT2D eigenvalue weighted by atomic mass is 16.5. The van der Waals surface area contributed by atoms with E-state index >= 15 is 0 Å². The summed E-state index contributed by atoms with van der Waals surface area (Å²) >= 11 is 0. The molecule has 1 aromatic carbocycles. The molecule has 18 heavy (non-hydrogen) atoms. The van der Waals surface area contributed by atoms with E-state index in [0.717, 1.165) is 24.5 Å². The number of hydrogen-bond donors (Lipinski definition) is 2. The number of para-hydroxylation sites is 1. The summed E-state index contributed by atoms with van der Waals surface area (Å²) in [6, 6.07) is 8.51. The average molecular weight is 248 g/mol. The number of ether oxygens (including phenoxy) is 1. The van der Waals surface area contributed by atoms with Crippen LogP contribution in [0.25, 0.3) is 0 Å². The van der Waals surface area contributed by atoms with Gasteiger partial charge in [0.25, 0.3) is 0 Å². The Morgan fingerprint density at radius 3 is 2.67 bits per heavy atom. The molecule has 0 spiro atoms. The van der Waals surface area contributed by atoms with Gasteiger partial charge in [-0.25, -0.2) is 0 Å². The topological polar surface area (TPSA) is 47.3 Å². The van der Waals surface area contributed by atoms with Gasteiger partial charge < -0.3 is 4.74 Å². The first-order valence-corrected chi connectivity index (χ1v) is 6.99. The largest absolute Gasteiger partial charge is 0.488 e. The van der Waals surface area contributed by atoms with E-state index < -0.39 is 0 Å². The summed E-state index contributed by atoms with van der Waals surface area (Å²) in [6.45, 7) is 4.48. The molecule has 0 aromatic heterocycles. The van der Waals surface area contributed by atoms with Crippen LogP contribution >= 0.6 is 0 Å². The minimum atomic E-state index is 0.174. The quantitative estimate of drug-likeness (QED) is 0.601. The van der Waals surface area contributed by atoms with E-state index in [0.29, 0.717) is 0 Å². The standard InChI is InChI=1S/C15H24N2O/c1-3-11(4-2)9-13(17-16)15-10-12-7-5-6-8-14(12)18-15/h5-8,11,13,15,17H,3-4,9-10,16H2,1-2H3. The molecule has 1 aliphatic heterocycles. The van der Waals surface area contributed by atoms with E-state index in [4.69, 9.17) is 10.6 Å². The fourth-order valence-electron chi connectivity index (χ4n) is 2.74. The fourth-order valence-corrected chi connectivity index (χ4v) is 2.74. The van der Waals surface area contributed by atoms with Crippen LogP contribution in [0.2, 0.25) is 0 Å². The Labute approximate surface area is 110 Å². The van der Waals surface area contributed by atoms with Crippen molar-refractivity contribution in [1.82, 2.24) is 5.43 Å². The van der Waals surface area contributed by atoms with Crippen molar-refractivity contribution in [2.75, 3.05) is 0 Å². The Morgan fingerprint density at radius 2 is 2.06 bits per heavy atom. The van der Waals surface area contributed by atoms with Crippen molar-refractivity contribution in [1.29, 1.82) is 0 Å². The number of hydrogen-bond acceptors (Lipinski definition) is 3. The van der Waals surface area contributed by atoms with Crippen LogP contribution in [0.5, 0.6) is 5.75 Å². The van der Waals surface area contributed by atoms with Gasteiger partial charge in [-0.15, -0.1) is 0 Å². The third-order valence-electron chi connectivity index (χ3n) is 4.08.